The molecule has 3 unspecified atom stereocenters. The van der Waals surface area contributed by atoms with E-state index < -0.39 is 18.2 Å². The van der Waals surface area contributed by atoms with Crippen molar-refractivity contribution in [2.75, 3.05) is 6.61 Å². The van der Waals surface area contributed by atoms with Gasteiger partial charge < -0.3 is 20.3 Å². The third kappa shape index (κ3) is 36.8. The SMILES string of the molecule is CCCCC/C=C/C=C/C=C/C=C/CCCCCCCC(=O)OC(CCCCCCCCCC)CC(=O)NC(CO)C(O)CCCCCCCCCCC. The van der Waals surface area contributed by atoms with Crippen molar-refractivity contribution >= 4 is 11.9 Å². The predicted octanol–water partition coefficient (Wildman–Crippen LogP) is 13.1. The van der Waals surface area contributed by atoms with Crippen molar-refractivity contribution in [2.24, 2.45) is 0 Å². The number of hydrogen-bond acceptors (Lipinski definition) is 5. The summed E-state index contributed by atoms with van der Waals surface area (Å²) in [6.07, 6.45) is 48.9. The van der Waals surface area contributed by atoms with Gasteiger partial charge in [0.1, 0.15) is 6.10 Å². The number of carbonyl (C=O) groups excluding carboxylic acids is 2. The molecule has 0 spiro atoms. The van der Waals surface area contributed by atoms with Gasteiger partial charge >= 0.3 is 5.97 Å². The molecule has 0 saturated carbocycles. The van der Waals surface area contributed by atoms with Gasteiger partial charge in [-0.2, -0.15) is 0 Å². The number of aliphatic hydroxyl groups is 2. The predicted molar refractivity (Wildman–Crippen MR) is 232 cm³/mol. The van der Waals surface area contributed by atoms with Crippen LogP contribution in [0.3, 0.4) is 0 Å². The minimum Gasteiger partial charge on any atom is -0.462 e. The van der Waals surface area contributed by atoms with Crippen LogP contribution in [0.1, 0.15) is 220 Å². The molecule has 0 heterocycles. The summed E-state index contributed by atoms with van der Waals surface area (Å²) in [6.45, 7) is 6.38. The van der Waals surface area contributed by atoms with Crippen molar-refractivity contribution in [1.29, 1.82) is 0 Å². The third-order valence-electron chi connectivity index (χ3n) is 10.3. The molecule has 6 nitrogen and oxygen atoms in total. The van der Waals surface area contributed by atoms with Crippen LogP contribution in [-0.4, -0.2) is 46.9 Å². The molecular formula is C48H87NO5. The number of carbonyl (C=O) groups is 2. The summed E-state index contributed by atoms with van der Waals surface area (Å²) in [5.41, 5.74) is 0. The minimum atomic E-state index is -0.787. The molecule has 0 aromatic carbocycles. The number of aliphatic hydroxyl groups excluding tert-OH is 2. The van der Waals surface area contributed by atoms with Crippen LogP contribution in [0.15, 0.2) is 48.6 Å². The number of unbranched alkanes of at least 4 members (excludes halogenated alkanes) is 23. The topological polar surface area (TPSA) is 95.9 Å². The molecule has 314 valence electrons. The summed E-state index contributed by atoms with van der Waals surface area (Å²) >= 11 is 0. The highest BCUT2D eigenvalue weighted by atomic mass is 16.5. The van der Waals surface area contributed by atoms with Crippen LogP contribution in [0.2, 0.25) is 0 Å². The zero-order valence-corrected chi connectivity index (χ0v) is 35.6. The van der Waals surface area contributed by atoms with E-state index in [0.29, 0.717) is 19.3 Å². The molecule has 0 radical (unpaired) electrons. The molecule has 0 aromatic heterocycles. The van der Waals surface area contributed by atoms with Crippen LogP contribution in [0, 0.1) is 0 Å². The van der Waals surface area contributed by atoms with E-state index in [1.54, 1.807) is 0 Å². The maximum atomic E-state index is 13.1. The summed E-state index contributed by atoms with van der Waals surface area (Å²) in [6, 6.07) is -0.701. The Bertz CT molecular complexity index is 941. The van der Waals surface area contributed by atoms with Gasteiger partial charge in [-0.15, -0.1) is 0 Å². The minimum absolute atomic E-state index is 0.0681. The van der Waals surface area contributed by atoms with Crippen LogP contribution in [0.4, 0.5) is 0 Å². The van der Waals surface area contributed by atoms with Gasteiger partial charge in [-0.3, -0.25) is 9.59 Å². The summed E-state index contributed by atoms with van der Waals surface area (Å²) in [5.74, 6) is -0.504. The lowest BCUT2D eigenvalue weighted by molar-refractivity contribution is -0.151. The van der Waals surface area contributed by atoms with Crippen LogP contribution in [0.5, 0.6) is 0 Å². The summed E-state index contributed by atoms with van der Waals surface area (Å²) < 4.78 is 5.87. The van der Waals surface area contributed by atoms with Crippen molar-refractivity contribution in [3.63, 3.8) is 0 Å². The van der Waals surface area contributed by atoms with Crippen molar-refractivity contribution in [3.05, 3.63) is 48.6 Å². The number of hydrogen-bond donors (Lipinski definition) is 3. The fourth-order valence-electron chi connectivity index (χ4n) is 6.73. The Hall–Kier alpha value is -2.18. The molecule has 0 rings (SSSR count). The Morgan fingerprint density at radius 1 is 0.537 bits per heavy atom. The quantitative estimate of drug-likeness (QED) is 0.0329. The molecule has 0 aliphatic rings. The maximum Gasteiger partial charge on any atom is 0.306 e. The number of nitrogens with one attached hydrogen (secondary N) is 1. The molecule has 0 aliphatic carbocycles. The first-order valence-electron chi connectivity index (χ1n) is 22.9. The van der Waals surface area contributed by atoms with E-state index in [0.717, 1.165) is 83.5 Å². The van der Waals surface area contributed by atoms with Gasteiger partial charge in [0.2, 0.25) is 5.91 Å². The smallest absolute Gasteiger partial charge is 0.306 e. The summed E-state index contributed by atoms with van der Waals surface area (Å²) in [5, 5.41) is 23.5. The average molecular weight is 758 g/mol. The molecule has 3 N–H and O–H groups in total. The first-order chi connectivity index (χ1) is 26.5. The fraction of sp³-hybridized carbons (Fsp3) is 0.792. The van der Waals surface area contributed by atoms with E-state index in [2.05, 4.69) is 74.7 Å². The standard InChI is InChI=1S/C48H87NO5/c1-4-7-10-13-16-19-20-21-22-23-24-25-26-27-29-32-35-38-41-48(53)54-44(39-36-33-30-18-15-12-9-6-3)42-47(52)49-45(43-50)46(51)40-37-34-31-28-17-14-11-8-5-2/h16,19-25,44-46,50-51H,4-15,17-18,26-43H2,1-3H3,(H,49,52)/b19-16+,21-20+,23-22+,25-24+. The third-order valence-corrected chi connectivity index (χ3v) is 10.3. The molecule has 6 heteroatoms. The van der Waals surface area contributed by atoms with E-state index in [-0.39, 0.29) is 24.9 Å². The monoisotopic (exact) mass is 758 g/mol. The number of amides is 1. The van der Waals surface area contributed by atoms with Crippen LogP contribution in [-0.2, 0) is 14.3 Å². The normalized spacial score (nSPS) is 13.8. The largest absolute Gasteiger partial charge is 0.462 e. The van der Waals surface area contributed by atoms with Crippen molar-refractivity contribution in [3.8, 4) is 0 Å². The summed E-state index contributed by atoms with van der Waals surface area (Å²) in [7, 11) is 0. The second-order valence-electron chi connectivity index (χ2n) is 15.5. The second-order valence-corrected chi connectivity index (χ2v) is 15.5. The van der Waals surface area contributed by atoms with Gasteiger partial charge in [0, 0.05) is 6.42 Å². The molecule has 0 aromatic rings. The number of rotatable bonds is 40. The first kappa shape index (κ1) is 51.8. The van der Waals surface area contributed by atoms with Crippen molar-refractivity contribution < 1.29 is 24.5 Å². The molecule has 0 saturated heterocycles. The van der Waals surface area contributed by atoms with Gasteiger partial charge in [-0.1, -0.05) is 204 Å². The lowest BCUT2D eigenvalue weighted by Crippen LogP contribution is -2.46. The van der Waals surface area contributed by atoms with Crippen LogP contribution in [0.25, 0.3) is 0 Å². The Balaban J connectivity index is 4.51. The summed E-state index contributed by atoms with van der Waals surface area (Å²) in [4.78, 5) is 25.9. The van der Waals surface area contributed by atoms with Crippen molar-refractivity contribution in [1.82, 2.24) is 5.32 Å². The highest BCUT2D eigenvalue weighted by molar-refractivity contribution is 5.77. The van der Waals surface area contributed by atoms with E-state index in [4.69, 9.17) is 4.74 Å². The van der Waals surface area contributed by atoms with Crippen LogP contribution >= 0.6 is 0 Å². The van der Waals surface area contributed by atoms with Gasteiger partial charge in [0.05, 0.1) is 25.2 Å². The first-order valence-corrected chi connectivity index (χ1v) is 22.9. The Morgan fingerprint density at radius 2 is 0.944 bits per heavy atom. The lowest BCUT2D eigenvalue weighted by Gasteiger charge is -2.24. The van der Waals surface area contributed by atoms with Gasteiger partial charge in [0.25, 0.3) is 0 Å². The lowest BCUT2D eigenvalue weighted by atomic mass is 10.0. The molecular weight excluding hydrogens is 671 g/mol. The zero-order chi connectivity index (χ0) is 39.6. The number of ether oxygens (including phenoxy) is 1. The highest BCUT2D eigenvalue weighted by Gasteiger charge is 2.24. The van der Waals surface area contributed by atoms with Crippen molar-refractivity contribution in [2.45, 2.75) is 238 Å². The molecule has 54 heavy (non-hydrogen) atoms. The second kappa shape index (κ2) is 42.0. The Morgan fingerprint density at radius 3 is 1.46 bits per heavy atom. The van der Waals surface area contributed by atoms with Gasteiger partial charge in [-0.05, 0) is 51.4 Å². The number of esters is 1. The zero-order valence-electron chi connectivity index (χ0n) is 35.6. The van der Waals surface area contributed by atoms with E-state index >= 15 is 0 Å². The van der Waals surface area contributed by atoms with Gasteiger partial charge in [-0.25, -0.2) is 0 Å². The fourth-order valence-corrected chi connectivity index (χ4v) is 6.73. The van der Waals surface area contributed by atoms with Gasteiger partial charge in [0.15, 0.2) is 0 Å². The average Bonchev–Trinajstić information content (AvgIpc) is 3.16. The molecule has 1 amide bonds. The van der Waals surface area contributed by atoms with E-state index in [1.807, 2.05) is 0 Å². The molecule has 0 aliphatic heterocycles. The number of allylic oxidation sites excluding steroid dienone is 8. The van der Waals surface area contributed by atoms with E-state index in [1.165, 1.54) is 89.9 Å². The van der Waals surface area contributed by atoms with Crippen LogP contribution < -0.4 is 5.32 Å². The maximum absolute atomic E-state index is 13.1. The highest BCUT2D eigenvalue weighted by Crippen LogP contribution is 2.17. The Kier molecular flexibility index (Phi) is 40.3. The molecule has 3 atom stereocenters. The Labute approximate surface area is 334 Å². The molecule has 0 bridgehead atoms. The molecule has 0 fully saturated rings. The van der Waals surface area contributed by atoms with E-state index in [9.17, 15) is 19.8 Å².